The molecule has 2 aromatic rings. The van der Waals surface area contributed by atoms with Crippen LogP contribution >= 0.6 is 0 Å². The minimum atomic E-state index is 0.334. The van der Waals surface area contributed by atoms with Gasteiger partial charge in [0.1, 0.15) is 11.6 Å². The fraction of sp³-hybridized carbons (Fsp3) is 0.308. The van der Waals surface area contributed by atoms with Gasteiger partial charge in [-0.25, -0.2) is 4.98 Å². The second kappa shape index (κ2) is 4.22. The maximum atomic E-state index is 9.43. The number of aromatic hydroxyl groups is 1. The number of fused-ring (bicyclic) bond motifs is 1. The van der Waals surface area contributed by atoms with E-state index in [4.69, 9.17) is 0 Å². The highest BCUT2D eigenvalue weighted by atomic mass is 16.3. The van der Waals surface area contributed by atoms with Gasteiger partial charge in [0.25, 0.3) is 0 Å². The van der Waals surface area contributed by atoms with Gasteiger partial charge < -0.3 is 9.67 Å². The van der Waals surface area contributed by atoms with Crippen LogP contribution in [0, 0.1) is 0 Å². The first-order valence-electron chi connectivity index (χ1n) is 5.81. The molecule has 0 saturated carbocycles. The zero-order chi connectivity index (χ0) is 11.7. The number of rotatable bonds is 2. The summed E-state index contributed by atoms with van der Waals surface area (Å²) in [4.78, 5) is 6.68. The molecule has 0 saturated heterocycles. The van der Waals surface area contributed by atoms with E-state index in [2.05, 4.69) is 14.5 Å². The van der Waals surface area contributed by atoms with Crippen molar-refractivity contribution in [3.63, 3.8) is 0 Å². The highest BCUT2D eigenvalue weighted by Crippen LogP contribution is 2.16. The average Bonchev–Trinajstić information content (AvgIpc) is 2.76. The van der Waals surface area contributed by atoms with Crippen molar-refractivity contribution in [2.75, 3.05) is 6.54 Å². The topological polar surface area (TPSA) is 41.3 Å². The number of imidazole rings is 1. The summed E-state index contributed by atoms with van der Waals surface area (Å²) in [5.74, 6) is 1.46. The number of aromatic nitrogens is 2. The molecule has 1 aliphatic heterocycles. The minimum Gasteiger partial charge on any atom is -0.508 e. The van der Waals surface area contributed by atoms with E-state index in [1.165, 1.54) is 0 Å². The van der Waals surface area contributed by atoms with E-state index in [0.29, 0.717) is 5.75 Å². The third-order valence-electron chi connectivity index (χ3n) is 3.14. The van der Waals surface area contributed by atoms with Crippen LogP contribution in [0.25, 0.3) is 0 Å². The van der Waals surface area contributed by atoms with E-state index in [1.54, 1.807) is 6.07 Å². The zero-order valence-corrected chi connectivity index (χ0v) is 9.58. The van der Waals surface area contributed by atoms with Crippen LogP contribution in [-0.2, 0) is 19.6 Å². The summed E-state index contributed by atoms with van der Waals surface area (Å²) in [6.45, 7) is 3.76. The molecule has 4 heteroatoms. The first-order valence-corrected chi connectivity index (χ1v) is 5.81. The van der Waals surface area contributed by atoms with Gasteiger partial charge in [0, 0.05) is 32.0 Å². The van der Waals surface area contributed by atoms with Gasteiger partial charge >= 0.3 is 0 Å². The van der Waals surface area contributed by atoms with Crippen molar-refractivity contribution in [1.29, 1.82) is 0 Å². The Morgan fingerprint density at radius 1 is 1.29 bits per heavy atom. The number of benzene rings is 1. The lowest BCUT2D eigenvalue weighted by molar-refractivity contribution is 0.208. The summed E-state index contributed by atoms with van der Waals surface area (Å²) in [6, 6.07) is 7.45. The van der Waals surface area contributed by atoms with E-state index in [9.17, 15) is 5.11 Å². The molecule has 0 amide bonds. The van der Waals surface area contributed by atoms with Crippen LogP contribution in [0.15, 0.2) is 36.7 Å². The lowest BCUT2D eigenvalue weighted by atomic mass is 10.2. The van der Waals surface area contributed by atoms with E-state index >= 15 is 0 Å². The van der Waals surface area contributed by atoms with Crippen LogP contribution in [-0.4, -0.2) is 26.1 Å². The summed E-state index contributed by atoms with van der Waals surface area (Å²) in [7, 11) is 0. The smallest absolute Gasteiger partial charge is 0.122 e. The van der Waals surface area contributed by atoms with Crippen LogP contribution in [0.2, 0.25) is 0 Å². The summed E-state index contributed by atoms with van der Waals surface area (Å²) >= 11 is 0. The lowest BCUT2D eigenvalue weighted by Gasteiger charge is -2.27. The molecule has 88 valence electrons. The van der Waals surface area contributed by atoms with Crippen LogP contribution in [0.4, 0.5) is 0 Å². The first kappa shape index (κ1) is 10.4. The highest BCUT2D eigenvalue weighted by molar-refractivity contribution is 5.27. The number of nitrogens with zero attached hydrogens (tertiary/aromatic N) is 3. The van der Waals surface area contributed by atoms with Crippen molar-refractivity contribution in [1.82, 2.24) is 14.5 Å². The van der Waals surface area contributed by atoms with Gasteiger partial charge in [-0.1, -0.05) is 12.1 Å². The standard InChI is InChI=1S/C13H15N3O/c17-12-3-1-2-11(8-12)9-15-6-7-16-5-4-14-13(16)10-15/h1-5,8,17H,6-7,9-10H2. The molecule has 0 spiro atoms. The molecule has 1 aromatic heterocycles. The molecule has 4 nitrogen and oxygen atoms in total. The van der Waals surface area contributed by atoms with Gasteiger partial charge in [0.15, 0.2) is 0 Å². The molecular formula is C13H15N3O. The Kier molecular flexibility index (Phi) is 2.57. The van der Waals surface area contributed by atoms with Gasteiger partial charge in [-0.2, -0.15) is 0 Å². The number of hydrogen-bond acceptors (Lipinski definition) is 3. The summed E-state index contributed by atoms with van der Waals surface area (Å²) in [5.41, 5.74) is 1.14. The Morgan fingerprint density at radius 2 is 2.24 bits per heavy atom. The number of hydrogen-bond donors (Lipinski definition) is 1. The Labute approximate surface area is 100 Å². The maximum absolute atomic E-state index is 9.43. The largest absolute Gasteiger partial charge is 0.508 e. The Bertz CT molecular complexity index is 521. The Hall–Kier alpha value is -1.81. The van der Waals surface area contributed by atoms with Crippen molar-refractivity contribution in [3.8, 4) is 5.75 Å². The third kappa shape index (κ3) is 2.17. The van der Waals surface area contributed by atoms with E-state index < -0.39 is 0 Å². The van der Waals surface area contributed by atoms with E-state index in [1.807, 2.05) is 30.6 Å². The molecule has 0 aliphatic carbocycles. The molecule has 0 fully saturated rings. The van der Waals surface area contributed by atoms with Gasteiger partial charge in [-0.05, 0) is 17.7 Å². The Balaban J connectivity index is 1.72. The molecule has 17 heavy (non-hydrogen) atoms. The monoisotopic (exact) mass is 229 g/mol. The third-order valence-corrected chi connectivity index (χ3v) is 3.14. The maximum Gasteiger partial charge on any atom is 0.122 e. The number of phenols is 1. The Morgan fingerprint density at radius 3 is 3.12 bits per heavy atom. The predicted molar refractivity (Wildman–Crippen MR) is 64.4 cm³/mol. The van der Waals surface area contributed by atoms with Crippen molar-refractivity contribution >= 4 is 0 Å². The normalized spacial score (nSPS) is 15.8. The van der Waals surface area contributed by atoms with Crippen LogP contribution in [0.5, 0.6) is 5.75 Å². The highest BCUT2D eigenvalue weighted by Gasteiger charge is 2.16. The fourth-order valence-electron chi connectivity index (χ4n) is 2.27. The minimum absolute atomic E-state index is 0.334. The molecule has 0 bridgehead atoms. The molecule has 0 atom stereocenters. The summed E-state index contributed by atoms with van der Waals surface area (Å²) < 4.78 is 2.19. The second-order valence-corrected chi connectivity index (χ2v) is 4.42. The molecule has 1 aromatic carbocycles. The quantitative estimate of drug-likeness (QED) is 0.850. The molecule has 1 aliphatic rings. The van der Waals surface area contributed by atoms with E-state index in [-0.39, 0.29) is 0 Å². The fourth-order valence-corrected chi connectivity index (χ4v) is 2.27. The van der Waals surface area contributed by atoms with Crippen LogP contribution in [0.3, 0.4) is 0 Å². The van der Waals surface area contributed by atoms with Crippen molar-refractivity contribution in [2.24, 2.45) is 0 Å². The van der Waals surface area contributed by atoms with Gasteiger partial charge in [-0.15, -0.1) is 0 Å². The first-order chi connectivity index (χ1) is 8.31. The number of phenolic OH excluding ortho intramolecular Hbond substituents is 1. The molecule has 1 N–H and O–H groups in total. The SMILES string of the molecule is Oc1cccc(CN2CCn3ccnc3C2)c1. The van der Waals surface area contributed by atoms with Gasteiger partial charge in [0.05, 0.1) is 6.54 Å². The van der Waals surface area contributed by atoms with Crippen molar-refractivity contribution < 1.29 is 5.11 Å². The summed E-state index contributed by atoms with van der Waals surface area (Å²) in [6.07, 6.45) is 3.88. The molecule has 0 unspecified atom stereocenters. The average molecular weight is 229 g/mol. The zero-order valence-electron chi connectivity index (χ0n) is 9.58. The van der Waals surface area contributed by atoms with Crippen molar-refractivity contribution in [2.45, 2.75) is 19.6 Å². The van der Waals surface area contributed by atoms with Gasteiger partial charge in [0.2, 0.25) is 0 Å². The predicted octanol–water partition coefficient (Wildman–Crippen LogP) is 1.60. The lowest BCUT2D eigenvalue weighted by Crippen LogP contribution is -2.33. The van der Waals surface area contributed by atoms with Crippen molar-refractivity contribution in [3.05, 3.63) is 48.0 Å². The van der Waals surface area contributed by atoms with Gasteiger partial charge in [-0.3, -0.25) is 4.90 Å². The molecular weight excluding hydrogens is 214 g/mol. The van der Waals surface area contributed by atoms with E-state index in [0.717, 1.165) is 37.6 Å². The van der Waals surface area contributed by atoms with Crippen LogP contribution in [0.1, 0.15) is 11.4 Å². The molecule has 2 heterocycles. The second-order valence-electron chi connectivity index (χ2n) is 4.42. The summed E-state index contributed by atoms with van der Waals surface area (Å²) in [5, 5.41) is 9.43. The molecule has 0 radical (unpaired) electrons. The van der Waals surface area contributed by atoms with Crippen LogP contribution < -0.4 is 0 Å². The molecule has 3 rings (SSSR count).